The van der Waals surface area contributed by atoms with Crippen LogP contribution in [0.2, 0.25) is 5.02 Å². The van der Waals surface area contributed by atoms with Crippen molar-refractivity contribution < 1.29 is 9.53 Å². The standard InChI is InChI=1S/C23H23ClN2O2S/c1-28-19-12-8-17(9-13-19)21(27)26-22(29)20(16-6-10-18(24)11-7-16)25-23(26)14-4-2-3-5-15-23/h6-13H,2-5,14-15H2,1H3. The fourth-order valence-corrected chi connectivity index (χ4v) is 4.71. The third-order valence-corrected chi connectivity index (χ3v) is 6.33. The van der Waals surface area contributed by atoms with E-state index >= 15 is 0 Å². The highest BCUT2D eigenvalue weighted by Crippen LogP contribution is 2.40. The monoisotopic (exact) mass is 426 g/mol. The molecule has 1 aliphatic heterocycles. The Morgan fingerprint density at radius 2 is 1.66 bits per heavy atom. The maximum atomic E-state index is 13.6. The molecule has 2 aromatic rings. The molecule has 2 aromatic carbocycles. The van der Waals surface area contributed by atoms with Crippen molar-refractivity contribution in [2.45, 2.75) is 44.2 Å². The van der Waals surface area contributed by atoms with E-state index in [0.717, 1.165) is 44.1 Å². The van der Waals surface area contributed by atoms with Crippen LogP contribution in [0.3, 0.4) is 0 Å². The number of halogens is 1. The van der Waals surface area contributed by atoms with E-state index in [1.165, 1.54) is 0 Å². The van der Waals surface area contributed by atoms with E-state index in [4.69, 9.17) is 33.5 Å². The van der Waals surface area contributed by atoms with Gasteiger partial charge in [-0.15, -0.1) is 0 Å². The molecule has 1 fully saturated rings. The van der Waals surface area contributed by atoms with E-state index in [9.17, 15) is 4.79 Å². The van der Waals surface area contributed by atoms with Gasteiger partial charge in [0, 0.05) is 16.1 Å². The van der Waals surface area contributed by atoms with Gasteiger partial charge in [0.2, 0.25) is 0 Å². The molecule has 4 nitrogen and oxygen atoms in total. The van der Waals surface area contributed by atoms with Crippen molar-refractivity contribution in [2.75, 3.05) is 7.11 Å². The third kappa shape index (κ3) is 3.81. The third-order valence-electron chi connectivity index (χ3n) is 5.70. The highest BCUT2D eigenvalue weighted by Gasteiger charge is 2.48. The van der Waals surface area contributed by atoms with E-state index in [-0.39, 0.29) is 5.91 Å². The minimum absolute atomic E-state index is 0.104. The van der Waals surface area contributed by atoms with Gasteiger partial charge in [0.1, 0.15) is 22.1 Å². The van der Waals surface area contributed by atoms with Gasteiger partial charge in [-0.1, -0.05) is 48.8 Å². The number of carbonyl (C=O) groups is 1. The Labute approximate surface area is 181 Å². The summed E-state index contributed by atoms with van der Waals surface area (Å²) in [5.74, 6) is 0.611. The number of nitrogens with zero attached hydrogens (tertiary/aromatic N) is 2. The number of hydrogen-bond donors (Lipinski definition) is 0. The van der Waals surface area contributed by atoms with Crippen molar-refractivity contribution in [3.05, 3.63) is 64.7 Å². The summed E-state index contributed by atoms with van der Waals surface area (Å²) in [5, 5.41) is 0.661. The summed E-state index contributed by atoms with van der Waals surface area (Å²) in [6.07, 6.45) is 6.03. The summed E-state index contributed by atoms with van der Waals surface area (Å²) < 4.78 is 5.22. The Morgan fingerprint density at radius 3 is 2.24 bits per heavy atom. The smallest absolute Gasteiger partial charge is 0.260 e. The molecule has 1 aliphatic carbocycles. The molecule has 29 heavy (non-hydrogen) atoms. The van der Waals surface area contributed by atoms with Crippen molar-refractivity contribution >= 4 is 40.4 Å². The summed E-state index contributed by atoms with van der Waals surface area (Å²) in [6.45, 7) is 0. The van der Waals surface area contributed by atoms with E-state index in [1.807, 2.05) is 24.3 Å². The molecule has 1 spiro atoms. The summed E-state index contributed by atoms with van der Waals surface area (Å²) in [4.78, 5) is 20.9. The molecule has 0 radical (unpaired) electrons. The topological polar surface area (TPSA) is 41.9 Å². The van der Waals surface area contributed by atoms with Gasteiger partial charge in [0.15, 0.2) is 0 Å². The minimum atomic E-state index is -0.598. The number of hydrogen-bond acceptors (Lipinski definition) is 4. The van der Waals surface area contributed by atoms with E-state index in [0.29, 0.717) is 27.0 Å². The first-order valence-electron chi connectivity index (χ1n) is 9.93. The van der Waals surface area contributed by atoms with Gasteiger partial charge in [-0.25, -0.2) is 0 Å². The van der Waals surface area contributed by atoms with Crippen LogP contribution in [0, 0.1) is 0 Å². The van der Waals surface area contributed by atoms with Gasteiger partial charge in [0.25, 0.3) is 5.91 Å². The first-order chi connectivity index (χ1) is 14.0. The lowest BCUT2D eigenvalue weighted by Crippen LogP contribution is -2.49. The molecule has 1 heterocycles. The molecule has 0 aromatic heterocycles. The molecule has 0 unspecified atom stereocenters. The van der Waals surface area contributed by atoms with Gasteiger partial charge in [-0.2, -0.15) is 0 Å². The Kier molecular flexibility index (Phi) is 5.70. The largest absolute Gasteiger partial charge is 0.497 e. The Balaban J connectivity index is 1.75. The second-order valence-corrected chi connectivity index (χ2v) is 8.36. The predicted octanol–water partition coefficient (Wildman–Crippen LogP) is 5.67. The highest BCUT2D eigenvalue weighted by molar-refractivity contribution is 7.82. The van der Waals surface area contributed by atoms with Gasteiger partial charge < -0.3 is 4.74 Å². The quantitative estimate of drug-likeness (QED) is 0.593. The summed E-state index contributed by atoms with van der Waals surface area (Å²) in [7, 11) is 1.61. The van der Waals surface area contributed by atoms with Crippen molar-refractivity contribution in [2.24, 2.45) is 4.99 Å². The maximum Gasteiger partial charge on any atom is 0.260 e. The molecule has 0 atom stereocenters. The number of ether oxygens (including phenoxy) is 1. The fourth-order valence-electron chi connectivity index (χ4n) is 4.17. The average Bonchev–Trinajstić information content (AvgIpc) is 2.87. The van der Waals surface area contributed by atoms with Crippen molar-refractivity contribution in [1.29, 1.82) is 0 Å². The van der Waals surface area contributed by atoms with Gasteiger partial charge in [-0.05, 0) is 62.1 Å². The van der Waals surface area contributed by atoms with Crippen LogP contribution in [0.5, 0.6) is 5.75 Å². The first kappa shape index (κ1) is 20.0. The Bertz CT molecular complexity index is 946. The number of amides is 1. The lowest BCUT2D eigenvalue weighted by Gasteiger charge is -2.35. The van der Waals surface area contributed by atoms with Gasteiger partial charge in [0.05, 0.1) is 7.11 Å². The van der Waals surface area contributed by atoms with Crippen molar-refractivity contribution in [3.63, 3.8) is 0 Å². The van der Waals surface area contributed by atoms with Crippen molar-refractivity contribution in [1.82, 2.24) is 4.90 Å². The lowest BCUT2D eigenvalue weighted by molar-refractivity contribution is 0.0692. The molecule has 0 bridgehead atoms. The zero-order valence-electron chi connectivity index (χ0n) is 16.4. The Morgan fingerprint density at radius 1 is 1.03 bits per heavy atom. The first-order valence-corrected chi connectivity index (χ1v) is 10.7. The molecule has 0 N–H and O–H groups in total. The van der Waals surface area contributed by atoms with Gasteiger partial charge in [-0.3, -0.25) is 14.7 Å². The molecular formula is C23H23ClN2O2S. The summed E-state index contributed by atoms with van der Waals surface area (Å²) in [5.41, 5.74) is 1.59. The van der Waals surface area contributed by atoms with Crippen LogP contribution >= 0.6 is 23.8 Å². The number of carbonyl (C=O) groups excluding carboxylic acids is 1. The highest BCUT2D eigenvalue weighted by atomic mass is 35.5. The van der Waals surface area contributed by atoms with E-state index in [1.54, 1.807) is 36.3 Å². The molecule has 6 heteroatoms. The van der Waals surface area contributed by atoms with Crippen LogP contribution in [0.1, 0.15) is 54.4 Å². The number of rotatable bonds is 3. The molecule has 4 rings (SSSR count). The number of thiocarbonyl (C=S) groups is 1. The van der Waals surface area contributed by atoms with Crippen LogP contribution in [-0.2, 0) is 0 Å². The van der Waals surface area contributed by atoms with Crippen molar-refractivity contribution in [3.8, 4) is 5.75 Å². The van der Waals surface area contributed by atoms with E-state index in [2.05, 4.69) is 0 Å². The maximum absolute atomic E-state index is 13.6. The number of benzene rings is 2. The van der Waals surface area contributed by atoms with Crippen LogP contribution in [-0.4, -0.2) is 34.3 Å². The molecule has 1 saturated carbocycles. The minimum Gasteiger partial charge on any atom is -0.497 e. The van der Waals surface area contributed by atoms with Crippen LogP contribution < -0.4 is 4.74 Å². The zero-order valence-corrected chi connectivity index (χ0v) is 17.9. The average molecular weight is 427 g/mol. The zero-order chi connectivity index (χ0) is 20.4. The van der Waals surface area contributed by atoms with Gasteiger partial charge >= 0.3 is 0 Å². The summed E-state index contributed by atoms with van der Waals surface area (Å²) >= 11 is 11.9. The lowest BCUT2D eigenvalue weighted by atomic mass is 9.99. The summed E-state index contributed by atoms with van der Waals surface area (Å²) in [6, 6.07) is 14.7. The second kappa shape index (κ2) is 8.25. The SMILES string of the molecule is COc1ccc(C(=O)N2C(=S)C(c3ccc(Cl)cc3)=NC23CCCCCC3)cc1. The Hall–Kier alpha value is -2.24. The molecule has 0 saturated heterocycles. The molecule has 150 valence electrons. The normalized spacial score (nSPS) is 18.5. The molecule has 2 aliphatic rings. The van der Waals surface area contributed by atoms with Crippen LogP contribution in [0.4, 0.5) is 0 Å². The second-order valence-electron chi connectivity index (χ2n) is 7.54. The number of aliphatic imine (C=N–C) groups is 1. The van der Waals surface area contributed by atoms with Crippen LogP contribution in [0.25, 0.3) is 0 Å². The predicted molar refractivity (Wildman–Crippen MR) is 120 cm³/mol. The molecule has 1 amide bonds. The molecular weight excluding hydrogens is 404 g/mol. The fraction of sp³-hybridized carbons (Fsp3) is 0.348. The van der Waals surface area contributed by atoms with E-state index < -0.39 is 5.66 Å². The number of methoxy groups -OCH3 is 1. The van der Waals surface area contributed by atoms with Crippen LogP contribution in [0.15, 0.2) is 53.5 Å².